The van der Waals surface area contributed by atoms with E-state index in [9.17, 15) is 4.79 Å². The van der Waals surface area contributed by atoms with Gasteiger partial charge >= 0.3 is 0 Å². The molecule has 3 N–H and O–H groups in total. The van der Waals surface area contributed by atoms with Crippen molar-refractivity contribution in [3.05, 3.63) is 18.2 Å². The van der Waals surface area contributed by atoms with Crippen molar-refractivity contribution in [2.24, 2.45) is 5.73 Å². The highest BCUT2D eigenvalue weighted by Gasteiger charge is 2.09. The fourth-order valence-electron chi connectivity index (χ4n) is 1.53. The molecule has 0 aliphatic heterocycles. The quantitative estimate of drug-likeness (QED) is 0.809. The van der Waals surface area contributed by atoms with Crippen molar-refractivity contribution in [1.29, 1.82) is 0 Å². The summed E-state index contributed by atoms with van der Waals surface area (Å²) in [5.74, 6) is 1.14. The van der Waals surface area contributed by atoms with Gasteiger partial charge in [0.05, 0.1) is 13.7 Å². The maximum Gasteiger partial charge on any atom is 0.225 e. The van der Waals surface area contributed by atoms with E-state index in [-0.39, 0.29) is 18.4 Å². The number of ether oxygens (including phenoxy) is 2. The molecule has 0 aliphatic carbocycles. The molecule has 0 saturated carbocycles. The first kappa shape index (κ1) is 14.3. The number of benzene rings is 1. The predicted molar refractivity (Wildman–Crippen MR) is 71.1 cm³/mol. The minimum Gasteiger partial charge on any atom is -0.493 e. The summed E-state index contributed by atoms with van der Waals surface area (Å²) in [4.78, 5) is 11.6. The Morgan fingerprint density at radius 1 is 1.44 bits per heavy atom. The van der Waals surface area contributed by atoms with Crippen molar-refractivity contribution < 1.29 is 14.3 Å². The van der Waals surface area contributed by atoms with Crippen LogP contribution in [0.5, 0.6) is 11.5 Å². The third kappa shape index (κ3) is 4.25. The summed E-state index contributed by atoms with van der Waals surface area (Å²) in [5.41, 5.74) is 6.24. The van der Waals surface area contributed by atoms with Gasteiger partial charge in [0.1, 0.15) is 0 Å². The maximum atomic E-state index is 11.6. The van der Waals surface area contributed by atoms with E-state index in [1.54, 1.807) is 32.2 Å². The van der Waals surface area contributed by atoms with Crippen LogP contribution in [0.3, 0.4) is 0 Å². The first-order chi connectivity index (χ1) is 8.56. The molecule has 0 radical (unpaired) electrons. The second-order valence-electron chi connectivity index (χ2n) is 4.03. The molecule has 0 bridgehead atoms. The summed E-state index contributed by atoms with van der Waals surface area (Å²) in [6, 6.07) is 5.10. The fourth-order valence-corrected chi connectivity index (χ4v) is 1.53. The Kier molecular flexibility index (Phi) is 5.45. The van der Waals surface area contributed by atoms with Gasteiger partial charge in [0.15, 0.2) is 11.5 Å². The minimum absolute atomic E-state index is 0.113. The van der Waals surface area contributed by atoms with Gasteiger partial charge in [-0.05, 0) is 26.0 Å². The lowest BCUT2D eigenvalue weighted by Gasteiger charge is -2.12. The van der Waals surface area contributed by atoms with E-state index >= 15 is 0 Å². The topological polar surface area (TPSA) is 73.6 Å². The molecule has 1 rings (SSSR count). The third-order valence-electron chi connectivity index (χ3n) is 2.25. The van der Waals surface area contributed by atoms with E-state index in [0.29, 0.717) is 23.8 Å². The van der Waals surface area contributed by atoms with Crippen LogP contribution in [0.4, 0.5) is 5.69 Å². The Labute approximate surface area is 107 Å². The molecular weight excluding hydrogens is 232 g/mol. The number of anilines is 1. The summed E-state index contributed by atoms with van der Waals surface area (Å²) in [5, 5.41) is 2.77. The lowest BCUT2D eigenvalue weighted by Crippen LogP contribution is -2.23. The van der Waals surface area contributed by atoms with Gasteiger partial charge in [-0.25, -0.2) is 0 Å². The van der Waals surface area contributed by atoms with Crippen LogP contribution in [-0.2, 0) is 4.79 Å². The molecule has 5 nitrogen and oxygen atoms in total. The van der Waals surface area contributed by atoms with E-state index in [1.807, 2.05) is 6.92 Å². The Hall–Kier alpha value is -1.75. The van der Waals surface area contributed by atoms with Crippen molar-refractivity contribution in [1.82, 2.24) is 0 Å². The summed E-state index contributed by atoms with van der Waals surface area (Å²) >= 11 is 0. The van der Waals surface area contributed by atoms with E-state index < -0.39 is 0 Å². The van der Waals surface area contributed by atoms with Gasteiger partial charge in [0.2, 0.25) is 5.91 Å². The van der Waals surface area contributed by atoms with Gasteiger partial charge in [0.25, 0.3) is 0 Å². The second kappa shape index (κ2) is 6.86. The molecule has 1 unspecified atom stereocenters. The first-order valence-corrected chi connectivity index (χ1v) is 5.93. The lowest BCUT2D eigenvalue weighted by molar-refractivity contribution is -0.116. The Morgan fingerprint density at radius 2 is 2.17 bits per heavy atom. The molecule has 1 aromatic rings. The summed E-state index contributed by atoms with van der Waals surface area (Å²) in [7, 11) is 1.58. The molecule has 0 spiro atoms. The molecule has 1 aromatic carbocycles. The summed E-state index contributed by atoms with van der Waals surface area (Å²) in [6.07, 6.45) is 0.288. The molecule has 0 heterocycles. The Balaban J connectivity index is 2.78. The van der Waals surface area contributed by atoms with Crippen LogP contribution >= 0.6 is 0 Å². The van der Waals surface area contributed by atoms with Gasteiger partial charge in [-0.1, -0.05) is 0 Å². The number of methoxy groups -OCH3 is 1. The van der Waals surface area contributed by atoms with Gasteiger partial charge in [-0.2, -0.15) is 0 Å². The molecule has 0 aliphatic rings. The highest BCUT2D eigenvalue weighted by molar-refractivity contribution is 5.91. The van der Waals surface area contributed by atoms with Gasteiger partial charge in [-0.3, -0.25) is 4.79 Å². The highest BCUT2D eigenvalue weighted by atomic mass is 16.5. The van der Waals surface area contributed by atoms with Crippen LogP contribution in [0, 0.1) is 0 Å². The average Bonchev–Trinajstić information content (AvgIpc) is 2.28. The molecule has 5 heteroatoms. The van der Waals surface area contributed by atoms with Gasteiger partial charge in [-0.15, -0.1) is 0 Å². The zero-order valence-corrected chi connectivity index (χ0v) is 11.0. The smallest absolute Gasteiger partial charge is 0.225 e. The van der Waals surface area contributed by atoms with Crippen molar-refractivity contribution in [3.8, 4) is 11.5 Å². The number of rotatable bonds is 6. The van der Waals surface area contributed by atoms with E-state index in [4.69, 9.17) is 15.2 Å². The fraction of sp³-hybridized carbons (Fsp3) is 0.462. The van der Waals surface area contributed by atoms with Crippen LogP contribution in [0.1, 0.15) is 20.3 Å². The number of carbonyl (C=O) groups excluding carboxylic acids is 1. The number of carbonyl (C=O) groups is 1. The average molecular weight is 252 g/mol. The summed E-state index contributed by atoms with van der Waals surface area (Å²) < 4.78 is 10.6. The van der Waals surface area contributed by atoms with Crippen LogP contribution in [0.25, 0.3) is 0 Å². The Morgan fingerprint density at radius 3 is 2.72 bits per heavy atom. The highest BCUT2D eigenvalue weighted by Crippen LogP contribution is 2.30. The largest absolute Gasteiger partial charge is 0.493 e. The SMILES string of the molecule is CCOc1cc(NC(=O)CC(C)N)ccc1OC. The number of nitrogens with one attached hydrogen (secondary N) is 1. The van der Waals surface area contributed by atoms with E-state index in [2.05, 4.69) is 5.32 Å². The van der Waals surface area contributed by atoms with Crippen LogP contribution in [0.15, 0.2) is 18.2 Å². The van der Waals surface area contributed by atoms with Crippen LogP contribution in [0.2, 0.25) is 0 Å². The normalized spacial score (nSPS) is 11.8. The number of hydrogen-bond donors (Lipinski definition) is 2. The number of amides is 1. The zero-order valence-electron chi connectivity index (χ0n) is 11.0. The number of hydrogen-bond acceptors (Lipinski definition) is 4. The van der Waals surface area contributed by atoms with Crippen molar-refractivity contribution in [2.75, 3.05) is 19.0 Å². The van der Waals surface area contributed by atoms with Crippen molar-refractivity contribution in [3.63, 3.8) is 0 Å². The van der Waals surface area contributed by atoms with Crippen molar-refractivity contribution in [2.45, 2.75) is 26.3 Å². The molecular formula is C13H20N2O3. The lowest BCUT2D eigenvalue weighted by atomic mass is 10.2. The molecule has 1 atom stereocenters. The zero-order chi connectivity index (χ0) is 13.5. The monoisotopic (exact) mass is 252 g/mol. The first-order valence-electron chi connectivity index (χ1n) is 5.93. The van der Waals surface area contributed by atoms with Crippen molar-refractivity contribution >= 4 is 11.6 Å². The van der Waals surface area contributed by atoms with Gasteiger partial charge in [0, 0.05) is 24.2 Å². The van der Waals surface area contributed by atoms with Gasteiger partial charge < -0.3 is 20.5 Å². The summed E-state index contributed by atoms with van der Waals surface area (Å²) in [6.45, 7) is 4.22. The molecule has 18 heavy (non-hydrogen) atoms. The minimum atomic E-state index is -0.158. The molecule has 0 fully saturated rings. The molecule has 0 aromatic heterocycles. The molecule has 100 valence electrons. The standard InChI is InChI=1S/C13H20N2O3/c1-4-18-12-8-10(5-6-11(12)17-3)15-13(16)7-9(2)14/h5-6,8-9H,4,7,14H2,1-3H3,(H,15,16). The predicted octanol–water partition coefficient (Wildman–Crippen LogP) is 1.77. The molecule has 0 saturated heterocycles. The van der Waals surface area contributed by atoms with Crippen LogP contribution in [-0.4, -0.2) is 25.7 Å². The number of nitrogens with two attached hydrogens (primary N) is 1. The van der Waals surface area contributed by atoms with E-state index in [1.165, 1.54) is 0 Å². The molecule has 1 amide bonds. The third-order valence-corrected chi connectivity index (χ3v) is 2.25. The second-order valence-corrected chi connectivity index (χ2v) is 4.03. The Bertz CT molecular complexity index is 405. The van der Waals surface area contributed by atoms with Crippen LogP contribution < -0.4 is 20.5 Å². The van der Waals surface area contributed by atoms with E-state index in [0.717, 1.165) is 0 Å². The maximum absolute atomic E-state index is 11.6.